The van der Waals surface area contributed by atoms with Crippen molar-refractivity contribution in [3.8, 4) is 0 Å². The molecule has 1 aromatic carbocycles. The fourth-order valence-electron chi connectivity index (χ4n) is 3.21. The molecule has 2 saturated heterocycles. The molecular weight excluding hydrogens is 354 g/mol. The number of hydrogen-bond donors (Lipinski definition) is 1. The van der Waals surface area contributed by atoms with Crippen molar-refractivity contribution in [3.63, 3.8) is 0 Å². The van der Waals surface area contributed by atoms with Gasteiger partial charge >= 0.3 is 6.09 Å². The molecule has 140 valence electrons. The molecule has 0 spiro atoms. The summed E-state index contributed by atoms with van der Waals surface area (Å²) in [6, 6.07) is 8.34. The van der Waals surface area contributed by atoms with Gasteiger partial charge in [0.15, 0.2) is 0 Å². The number of hydrogen-bond acceptors (Lipinski definition) is 5. The monoisotopic (exact) mass is 377 g/mol. The van der Waals surface area contributed by atoms with Gasteiger partial charge in [-0.15, -0.1) is 0 Å². The van der Waals surface area contributed by atoms with Gasteiger partial charge in [0.25, 0.3) is 0 Å². The largest absolute Gasteiger partial charge is 0.445 e. The maximum atomic E-state index is 12.6. The van der Waals surface area contributed by atoms with Crippen molar-refractivity contribution in [3.05, 3.63) is 35.9 Å². The van der Waals surface area contributed by atoms with E-state index in [2.05, 4.69) is 5.32 Å². The molecule has 1 N–H and O–H groups in total. The Kier molecular flexibility index (Phi) is 6.03. The summed E-state index contributed by atoms with van der Waals surface area (Å²) in [7, 11) is 0. The van der Waals surface area contributed by atoms with Crippen molar-refractivity contribution in [2.45, 2.75) is 25.1 Å². The van der Waals surface area contributed by atoms with Crippen molar-refractivity contribution in [1.82, 2.24) is 15.1 Å². The number of ether oxygens (including phenoxy) is 1. The van der Waals surface area contributed by atoms with Gasteiger partial charge in [-0.2, -0.15) is 11.8 Å². The van der Waals surface area contributed by atoms with Crippen LogP contribution in [0.2, 0.25) is 0 Å². The number of rotatable bonds is 5. The van der Waals surface area contributed by atoms with Crippen LogP contribution in [0.5, 0.6) is 0 Å². The fourth-order valence-corrected chi connectivity index (χ4v) is 3.68. The number of nitrogens with one attached hydrogen (secondary N) is 1. The van der Waals surface area contributed by atoms with Crippen LogP contribution < -0.4 is 5.32 Å². The minimum Gasteiger partial charge on any atom is -0.445 e. The molecule has 26 heavy (non-hydrogen) atoms. The van der Waals surface area contributed by atoms with Crippen LogP contribution in [0.4, 0.5) is 4.79 Å². The number of carbonyl (C=O) groups excluding carboxylic acids is 3. The molecule has 0 aromatic heterocycles. The molecule has 8 heteroatoms. The predicted octanol–water partition coefficient (Wildman–Crippen LogP) is 1.09. The number of piperazine rings is 2. The topological polar surface area (TPSA) is 79.0 Å². The molecule has 1 aromatic rings. The SMILES string of the molecule is CSCC[C@H]1NC(=O)[C@@H]2CN(C(=O)OCc3ccccc3)CCN2C1=O. The third-order valence-electron chi connectivity index (χ3n) is 4.65. The first-order valence-corrected chi connectivity index (χ1v) is 10.0. The van der Waals surface area contributed by atoms with Gasteiger partial charge in [-0.25, -0.2) is 4.79 Å². The van der Waals surface area contributed by atoms with Crippen LogP contribution >= 0.6 is 11.8 Å². The van der Waals surface area contributed by atoms with Gasteiger partial charge in [-0.05, 0) is 24.0 Å². The summed E-state index contributed by atoms with van der Waals surface area (Å²) >= 11 is 1.64. The number of nitrogens with zero attached hydrogens (tertiary/aromatic N) is 2. The van der Waals surface area contributed by atoms with E-state index in [1.54, 1.807) is 16.7 Å². The fraction of sp³-hybridized carbons (Fsp3) is 0.500. The smallest absolute Gasteiger partial charge is 0.410 e. The van der Waals surface area contributed by atoms with E-state index >= 15 is 0 Å². The van der Waals surface area contributed by atoms with Gasteiger partial charge in [0.05, 0.1) is 6.54 Å². The predicted molar refractivity (Wildman–Crippen MR) is 98.6 cm³/mol. The van der Waals surface area contributed by atoms with Crippen molar-refractivity contribution in [1.29, 1.82) is 0 Å². The summed E-state index contributed by atoms with van der Waals surface area (Å²) in [5.41, 5.74) is 0.904. The Hall–Kier alpha value is -2.22. The highest BCUT2D eigenvalue weighted by molar-refractivity contribution is 7.98. The molecule has 0 bridgehead atoms. The Morgan fingerprint density at radius 1 is 1.27 bits per heavy atom. The van der Waals surface area contributed by atoms with Gasteiger partial charge in [0.1, 0.15) is 18.7 Å². The number of benzene rings is 1. The van der Waals surface area contributed by atoms with Gasteiger partial charge in [0.2, 0.25) is 11.8 Å². The highest BCUT2D eigenvalue weighted by Crippen LogP contribution is 2.19. The van der Waals surface area contributed by atoms with E-state index in [4.69, 9.17) is 4.74 Å². The van der Waals surface area contributed by atoms with Crippen LogP contribution in [-0.4, -0.2) is 71.4 Å². The lowest BCUT2D eigenvalue weighted by molar-refractivity contribution is -0.152. The lowest BCUT2D eigenvalue weighted by atomic mass is 10.0. The highest BCUT2D eigenvalue weighted by Gasteiger charge is 2.44. The Morgan fingerprint density at radius 2 is 2.04 bits per heavy atom. The molecule has 0 aliphatic carbocycles. The third-order valence-corrected chi connectivity index (χ3v) is 5.30. The molecule has 0 saturated carbocycles. The average molecular weight is 377 g/mol. The normalized spacial score (nSPS) is 22.7. The Balaban J connectivity index is 1.56. The molecule has 0 radical (unpaired) electrons. The molecular formula is C18H23N3O4S. The molecule has 2 heterocycles. The van der Waals surface area contributed by atoms with Crippen LogP contribution in [-0.2, 0) is 20.9 Å². The Labute approximate surface area is 157 Å². The van der Waals surface area contributed by atoms with Crippen LogP contribution in [0.1, 0.15) is 12.0 Å². The lowest BCUT2D eigenvalue weighted by Gasteiger charge is -2.44. The van der Waals surface area contributed by atoms with Crippen molar-refractivity contribution in [2.75, 3.05) is 31.6 Å². The van der Waals surface area contributed by atoms with E-state index in [-0.39, 0.29) is 25.0 Å². The second kappa shape index (κ2) is 8.44. The quantitative estimate of drug-likeness (QED) is 0.831. The molecule has 2 fully saturated rings. The Bertz CT molecular complexity index is 670. The lowest BCUT2D eigenvalue weighted by Crippen LogP contribution is -2.69. The number of fused-ring (bicyclic) bond motifs is 1. The van der Waals surface area contributed by atoms with Gasteiger partial charge in [-0.3, -0.25) is 9.59 Å². The highest BCUT2D eigenvalue weighted by atomic mass is 32.2. The van der Waals surface area contributed by atoms with E-state index < -0.39 is 18.2 Å². The van der Waals surface area contributed by atoms with E-state index in [0.29, 0.717) is 19.5 Å². The Morgan fingerprint density at radius 3 is 2.77 bits per heavy atom. The first-order chi connectivity index (χ1) is 12.6. The van der Waals surface area contributed by atoms with Crippen LogP contribution in [0.3, 0.4) is 0 Å². The molecule has 0 unspecified atom stereocenters. The molecule has 2 atom stereocenters. The average Bonchev–Trinajstić information content (AvgIpc) is 2.68. The zero-order chi connectivity index (χ0) is 18.5. The standard InChI is InChI=1S/C18H23N3O4S/c1-26-10-7-14-17(23)21-9-8-20(11-15(21)16(22)19-14)18(24)25-12-13-5-3-2-4-6-13/h2-6,14-15H,7-12H2,1H3,(H,19,22)/t14-,15+/m1/s1. The van der Waals surface area contributed by atoms with Crippen molar-refractivity contribution in [2.24, 2.45) is 0 Å². The zero-order valence-corrected chi connectivity index (χ0v) is 15.5. The van der Waals surface area contributed by atoms with Crippen LogP contribution in [0.25, 0.3) is 0 Å². The van der Waals surface area contributed by atoms with Crippen LogP contribution in [0, 0.1) is 0 Å². The number of carbonyl (C=O) groups is 3. The summed E-state index contributed by atoms with van der Waals surface area (Å²) in [6.45, 7) is 1.08. The maximum absolute atomic E-state index is 12.6. The van der Waals surface area contributed by atoms with E-state index in [1.807, 2.05) is 36.6 Å². The first-order valence-electron chi connectivity index (χ1n) is 8.65. The summed E-state index contributed by atoms with van der Waals surface area (Å²) in [5.74, 6) is 0.560. The third kappa shape index (κ3) is 4.12. The summed E-state index contributed by atoms with van der Waals surface area (Å²) < 4.78 is 5.33. The molecule has 7 nitrogen and oxygen atoms in total. The number of amides is 3. The summed E-state index contributed by atoms with van der Waals surface area (Å²) in [6.07, 6.45) is 2.13. The van der Waals surface area contributed by atoms with Gasteiger partial charge in [0, 0.05) is 13.1 Å². The first kappa shape index (κ1) is 18.6. The van der Waals surface area contributed by atoms with Crippen LogP contribution in [0.15, 0.2) is 30.3 Å². The minimum atomic E-state index is -0.633. The van der Waals surface area contributed by atoms with Gasteiger partial charge in [-0.1, -0.05) is 30.3 Å². The summed E-state index contributed by atoms with van der Waals surface area (Å²) in [5, 5.41) is 2.80. The molecule has 2 aliphatic rings. The van der Waals surface area contributed by atoms with Crippen molar-refractivity contribution < 1.29 is 19.1 Å². The zero-order valence-electron chi connectivity index (χ0n) is 14.7. The van der Waals surface area contributed by atoms with E-state index in [0.717, 1.165) is 11.3 Å². The van der Waals surface area contributed by atoms with Crippen molar-refractivity contribution >= 4 is 29.7 Å². The molecule has 2 aliphatic heterocycles. The summed E-state index contributed by atoms with van der Waals surface area (Å²) in [4.78, 5) is 40.4. The van der Waals surface area contributed by atoms with E-state index in [1.165, 1.54) is 4.90 Å². The second-order valence-corrected chi connectivity index (χ2v) is 7.36. The van der Waals surface area contributed by atoms with E-state index in [9.17, 15) is 14.4 Å². The molecule has 3 rings (SSSR count). The maximum Gasteiger partial charge on any atom is 0.410 e. The minimum absolute atomic E-state index is 0.0547. The number of thioether (sulfide) groups is 1. The molecule has 3 amide bonds. The second-order valence-electron chi connectivity index (χ2n) is 6.38. The van der Waals surface area contributed by atoms with Gasteiger partial charge < -0.3 is 19.9 Å².